The Balaban J connectivity index is 0.769. The number of ether oxygens (including phenoxy) is 2. The van der Waals surface area contributed by atoms with E-state index in [-0.39, 0.29) is 42.4 Å². The molecule has 0 spiro atoms. The fourth-order valence-electron chi connectivity index (χ4n) is 7.48. The van der Waals surface area contributed by atoms with E-state index in [0.29, 0.717) is 61.5 Å². The summed E-state index contributed by atoms with van der Waals surface area (Å²) < 4.78 is 11.7. The Morgan fingerprint density at radius 2 is 1.82 bits per heavy atom. The summed E-state index contributed by atoms with van der Waals surface area (Å²) >= 11 is 1.44. The van der Waals surface area contributed by atoms with Crippen molar-refractivity contribution in [3.63, 3.8) is 0 Å². The van der Waals surface area contributed by atoms with Gasteiger partial charge in [-0.15, -0.1) is 11.3 Å². The monoisotopic (exact) mass is 762 g/mol. The van der Waals surface area contributed by atoms with E-state index in [4.69, 9.17) is 14.5 Å². The molecule has 4 aliphatic rings. The van der Waals surface area contributed by atoms with E-state index in [1.165, 1.54) is 16.2 Å². The van der Waals surface area contributed by atoms with Crippen LogP contribution in [0, 0.1) is 12.8 Å². The van der Waals surface area contributed by atoms with Gasteiger partial charge in [0, 0.05) is 53.8 Å². The van der Waals surface area contributed by atoms with E-state index in [1.807, 2.05) is 66.4 Å². The van der Waals surface area contributed by atoms with E-state index < -0.39 is 11.9 Å². The zero-order valence-corrected chi connectivity index (χ0v) is 31.3. The van der Waals surface area contributed by atoms with Crippen LogP contribution in [0.15, 0.2) is 60.7 Å². The van der Waals surface area contributed by atoms with Crippen LogP contribution in [-0.2, 0) is 43.3 Å². The first kappa shape index (κ1) is 36.4. The van der Waals surface area contributed by atoms with E-state index in [0.717, 1.165) is 64.3 Å². The van der Waals surface area contributed by atoms with Crippen molar-refractivity contribution in [2.75, 3.05) is 48.4 Å². The number of benzene rings is 3. The van der Waals surface area contributed by atoms with Crippen LogP contribution in [0.2, 0.25) is 0 Å². The molecule has 3 aliphatic heterocycles. The summed E-state index contributed by atoms with van der Waals surface area (Å²) in [4.78, 5) is 72.2. The average molecular weight is 763 g/mol. The largest absolute Gasteiger partial charge is 0.491 e. The molecule has 1 unspecified atom stereocenters. The number of nitrogens with zero attached hydrogens (tertiary/aromatic N) is 3. The molecule has 13 nitrogen and oxygen atoms in total. The molecular formula is C41H42N6O7S. The number of rotatable bonds is 14. The quantitative estimate of drug-likeness (QED) is 0.120. The Morgan fingerprint density at radius 1 is 0.964 bits per heavy atom. The third-order valence-electron chi connectivity index (χ3n) is 10.4. The van der Waals surface area contributed by atoms with Gasteiger partial charge in [-0.1, -0.05) is 30.3 Å². The minimum absolute atomic E-state index is 0.161. The lowest BCUT2D eigenvalue weighted by molar-refractivity contribution is -0.137. The van der Waals surface area contributed by atoms with E-state index in [9.17, 15) is 24.0 Å². The smallest absolute Gasteiger partial charge is 0.257 e. The lowest BCUT2D eigenvalue weighted by Gasteiger charge is -2.29. The fraction of sp³-hybridized carbons (Fsp3) is 0.366. The van der Waals surface area contributed by atoms with Gasteiger partial charge >= 0.3 is 0 Å². The molecule has 1 saturated carbocycles. The standard InChI is InChI=1S/C41H42N6O7S/c1-24-37(28-10-11-32-27(22-28)14-16-46(32)39(51)26-8-9-26)45-41(55-24)44-35(49)21-25-4-2-6-30(20-25)54-19-18-53-17-15-42-31-7-3-5-29-23-47(40(52)36(29)31)33-12-13-34(48)43-38(33)50/h2-7,10-11,20,22,26,33,42H,8-9,12-19,21,23H2,1H3,(H,43,48,50)(H,44,45,49). The highest BCUT2D eigenvalue weighted by molar-refractivity contribution is 7.16. The van der Waals surface area contributed by atoms with Crippen molar-refractivity contribution in [2.24, 2.45) is 5.92 Å². The number of carbonyl (C=O) groups is 5. The fourth-order valence-corrected chi connectivity index (χ4v) is 8.33. The summed E-state index contributed by atoms with van der Waals surface area (Å²) in [5.74, 6) is -0.0808. The number of amides is 5. The number of hydrogen-bond donors (Lipinski definition) is 3. The van der Waals surface area contributed by atoms with Crippen LogP contribution in [0.25, 0.3) is 11.3 Å². The van der Waals surface area contributed by atoms with Crippen molar-refractivity contribution in [1.82, 2.24) is 15.2 Å². The normalized spacial score (nSPS) is 17.5. The van der Waals surface area contributed by atoms with Gasteiger partial charge in [0.05, 0.1) is 30.9 Å². The van der Waals surface area contributed by atoms with Gasteiger partial charge in [0.2, 0.25) is 23.6 Å². The number of fused-ring (bicyclic) bond motifs is 2. The predicted octanol–water partition coefficient (Wildman–Crippen LogP) is 4.87. The average Bonchev–Trinajstić information content (AvgIpc) is 3.71. The Morgan fingerprint density at radius 3 is 2.65 bits per heavy atom. The molecule has 3 N–H and O–H groups in total. The first-order valence-electron chi connectivity index (χ1n) is 18.7. The highest BCUT2D eigenvalue weighted by Gasteiger charge is 2.40. The topological polar surface area (TPSA) is 159 Å². The Bertz CT molecular complexity index is 2180. The highest BCUT2D eigenvalue weighted by atomic mass is 32.1. The summed E-state index contributed by atoms with van der Waals surface area (Å²) in [5, 5.41) is 9.11. The third kappa shape index (κ3) is 7.96. The first-order chi connectivity index (χ1) is 26.7. The van der Waals surface area contributed by atoms with Gasteiger partial charge in [-0.05, 0) is 79.6 Å². The first-order valence-corrected chi connectivity index (χ1v) is 19.6. The zero-order chi connectivity index (χ0) is 38.1. The number of aryl methyl sites for hydroxylation is 1. The number of carbonyl (C=O) groups excluding carboxylic acids is 5. The highest BCUT2D eigenvalue weighted by Crippen LogP contribution is 2.39. The lowest BCUT2D eigenvalue weighted by Crippen LogP contribution is -2.52. The maximum Gasteiger partial charge on any atom is 0.257 e. The van der Waals surface area contributed by atoms with Gasteiger partial charge in [-0.25, -0.2) is 4.98 Å². The minimum atomic E-state index is -0.658. The molecule has 5 amide bonds. The molecule has 55 heavy (non-hydrogen) atoms. The van der Waals surface area contributed by atoms with Gasteiger partial charge in [0.1, 0.15) is 18.4 Å². The van der Waals surface area contributed by atoms with Crippen LogP contribution in [-0.4, -0.2) is 78.4 Å². The summed E-state index contributed by atoms with van der Waals surface area (Å²) in [6.45, 7) is 4.54. The summed E-state index contributed by atoms with van der Waals surface area (Å²) in [7, 11) is 0. The SMILES string of the molecule is Cc1sc(NC(=O)Cc2cccc(OCCOCCNc3cccc4c3C(=O)N(C3CCC(=O)NC3=O)C4)c2)nc1-c1ccc2c(c1)CCN2C(=O)C1CC1. The molecule has 1 atom stereocenters. The minimum Gasteiger partial charge on any atom is -0.491 e. The van der Waals surface area contributed by atoms with Crippen LogP contribution < -0.4 is 25.6 Å². The van der Waals surface area contributed by atoms with E-state index in [1.54, 1.807) is 0 Å². The molecule has 4 heterocycles. The van der Waals surface area contributed by atoms with Crippen LogP contribution >= 0.6 is 11.3 Å². The third-order valence-corrected chi connectivity index (χ3v) is 11.2. The summed E-state index contributed by atoms with van der Waals surface area (Å²) in [6.07, 6.45) is 3.51. The number of hydrogen-bond acceptors (Lipinski definition) is 10. The van der Waals surface area contributed by atoms with Crippen molar-refractivity contribution < 1.29 is 33.4 Å². The molecular weight excluding hydrogens is 721 g/mol. The van der Waals surface area contributed by atoms with Crippen LogP contribution in [0.1, 0.15) is 57.6 Å². The second-order valence-corrected chi connectivity index (χ2v) is 15.5. The molecule has 8 rings (SSSR count). The molecule has 1 aliphatic carbocycles. The number of anilines is 3. The van der Waals surface area contributed by atoms with Crippen molar-refractivity contribution in [1.29, 1.82) is 0 Å². The molecule has 284 valence electrons. The van der Waals surface area contributed by atoms with Crippen molar-refractivity contribution in [3.8, 4) is 17.0 Å². The van der Waals surface area contributed by atoms with Crippen molar-refractivity contribution in [3.05, 3.63) is 87.8 Å². The maximum atomic E-state index is 13.3. The molecule has 2 fully saturated rings. The molecule has 14 heteroatoms. The molecule has 1 aromatic heterocycles. The predicted molar refractivity (Wildman–Crippen MR) is 207 cm³/mol. The molecule has 4 aromatic rings. The number of thiazole rings is 1. The molecule has 0 radical (unpaired) electrons. The van der Waals surface area contributed by atoms with Gasteiger partial charge in [-0.3, -0.25) is 29.3 Å². The molecule has 1 saturated heterocycles. The van der Waals surface area contributed by atoms with Crippen LogP contribution in [0.5, 0.6) is 5.75 Å². The Labute approximate surface area is 322 Å². The molecule has 3 aromatic carbocycles. The molecule has 0 bridgehead atoms. The van der Waals surface area contributed by atoms with Gasteiger partial charge in [0.15, 0.2) is 5.13 Å². The van der Waals surface area contributed by atoms with Gasteiger partial charge in [-0.2, -0.15) is 0 Å². The van der Waals surface area contributed by atoms with Crippen LogP contribution in [0.3, 0.4) is 0 Å². The van der Waals surface area contributed by atoms with Gasteiger partial charge < -0.3 is 29.9 Å². The zero-order valence-electron chi connectivity index (χ0n) is 30.5. The number of nitrogens with one attached hydrogen (secondary N) is 3. The van der Waals surface area contributed by atoms with E-state index in [2.05, 4.69) is 22.0 Å². The van der Waals surface area contributed by atoms with E-state index >= 15 is 0 Å². The Hall–Kier alpha value is -5.60. The summed E-state index contributed by atoms with van der Waals surface area (Å²) in [6, 6.07) is 18.5. The maximum absolute atomic E-state index is 13.3. The lowest BCUT2D eigenvalue weighted by atomic mass is 10.0. The second kappa shape index (κ2) is 15.6. The number of aromatic nitrogens is 1. The van der Waals surface area contributed by atoms with Gasteiger partial charge in [0.25, 0.3) is 5.91 Å². The summed E-state index contributed by atoms with van der Waals surface area (Å²) in [5.41, 5.74) is 6.83. The Kier molecular flexibility index (Phi) is 10.3. The van der Waals surface area contributed by atoms with Crippen molar-refractivity contribution in [2.45, 2.75) is 58.0 Å². The number of imide groups is 1. The second-order valence-electron chi connectivity index (χ2n) is 14.3. The van der Waals surface area contributed by atoms with Crippen molar-refractivity contribution >= 4 is 57.4 Å². The van der Waals surface area contributed by atoms with Crippen LogP contribution in [0.4, 0.5) is 16.5 Å². The number of piperidine rings is 1.